The number of nitrogens with zero attached hydrogens (tertiary/aromatic N) is 3. The minimum Gasteiger partial charge on any atom is -0.363 e. The van der Waals surface area contributed by atoms with E-state index in [0.717, 1.165) is 35.2 Å². The Balaban J connectivity index is 1.79. The number of fused-ring (bicyclic) bond motifs is 1. The van der Waals surface area contributed by atoms with Gasteiger partial charge in [-0.25, -0.2) is 9.97 Å². The van der Waals surface area contributed by atoms with Crippen LogP contribution in [0.2, 0.25) is 0 Å². The van der Waals surface area contributed by atoms with Crippen LogP contribution in [-0.4, -0.2) is 27.3 Å². The van der Waals surface area contributed by atoms with Gasteiger partial charge in [-0.1, -0.05) is 34.1 Å². The average Bonchev–Trinajstić information content (AvgIpc) is 2.49. The lowest BCUT2D eigenvalue weighted by atomic mass is 10.1. The fraction of sp³-hybridized carbons (Fsp3) is 0.267. The van der Waals surface area contributed by atoms with Crippen LogP contribution in [0.15, 0.2) is 34.9 Å². The largest absolute Gasteiger partial charge is 0.363 e. The molecule has 0 radical (unpaired) electrons. The molecule has 0 fully saturated rings. The number of halogens is 1. The maximum atomic E-state index is 11.2. The lowest BCUT2D eigenvalue weighted by Crippen LogP contribution is -2.32. The van der Waals surface area contributed by atoms with Gasteiger partial charge in [0.1, 0.15) is 0 Å². The van der Waals surface area contributed by atoms with Crippen LogP contribution in [0.4, 0.5) is 0 Å². The number of carbonyl (C=O) groups excluding carboxylic acids is 1. The quantitative estimate of drug-likeness (QED) is 0.921. The van der Waals surface area contributed by atoms with Gasteiger partial charge in [0.25, 0.3) is 5.91 Å². The first-order valence-electron chi connectivity index (χ1n) is 6.74. The third kappa shape index (κ3) is 3.11. The molecule has 0 aliphatic carbocycles. The van der Waals surface area contributed by atoms with Crippen LogP contribution in [0.25, 0.3) is 0 Å². The Morgan fingerprint density at radius 1 is 1.38 bits per heavy atom. The van der Waals surface area contributed by atoms with Crippen LogP contribution in [0, 0.1) is 0 Å². The molecule has 108 valence electrons. The second-order valence-electron chi connectivity index (χ2n) is 5.08. The maximum Gasteiger partial charge on any atom is 0.286 e. The van der Waals surface area contributed by atoms with Crippen molar-refractivity contribution < 1.29 is 4.79 Å². The number of amides is 1. The smallest absolute Gasteiger partial charge is 0.286 e. The molecule has 1 amide bonds. The topological polar surface area (TPSA) is 72.1 Å². The Kier molecular flexibility index (Phi) is 3.98. The van der Waals surface area contributed by atoms with Gasteiger partial charge in [0.15, 0.2) is 0 Å². The zero-order valence-corrected chi connectivity index (χ0v) is 13.0. The molecule has 21 heavy (non-hydrogen) atoms. The van der Waals surface area contributed by atoms with Gasteiger partial charge >= 0.3 is 0 Å². The van der Waals surface area contributed by atoms with Crippen molar-refractivity contribution in [3.05, 3.63) is 57.6 Å². The van der Waals surface area contributed by atoms with Gasteiger partial charge in [0, 0.05) is 30.3 Å². The first-order chi connectivity index (χ1) is 10.1. The van der Waals surface area contributed by atoms with Crippen LogP contribution in [-0.2, 0) is 19.5 Å². The van der Waals surface area contributed by atoms with E-state index in [1.165, 1.54) is 5.56 Å². The summed E-state index contributed by atoms with van der Waals surface area (Å²) < 4.78 is 1.11. The molecule has 0 atom stereocenters. The van der Waals surface area contributed by atoms with Gasteiger partial charge in [-0.3, -0.25) is 9.69 Å². The summed E-state index contributed by atoms with van der Waals surface area (Å²) in [5, 5.41) is 0. The van der Waals surface area contributed by atoms with Gasteiger partial charge in [-0.2, -0.15) is 0 Å². The third-order valence-electron chi connectivity index (χ3n) is 3.60. The molecule has 5 nitrogen and oxygen atoms in total. The van der Waals surface area contributed by atoms with E-state index in [2.05, 4.69) is 36.9 Å². The van der Waals surface area contributed by atoms with Gasteiger partial charge in [-0.15, -0.1) is 0 Å². The maximum absolute atomic E-state index is 11.2. The third-order valence-corrected chi connectivity index (χ3v) is 4.37. The van der Waals surface area contributed by atoms with E-state index < -0.39 is 5.91 Å². The number of rotatable bonds is 3. The summed E-state index contributed by atoms with van der Waals surface area (Å²) in [4.78, 5) is 21.8. The number of hydrogen-bond donors (Lipinski definition) is 1. The van der Waals surface area contributed by atoms with E-state index in [-0.39, 0.29) is 5.82 Å². The highest BCUT2D eigenvalue weighted by atomic mass is 79.9. The van der Waals surface area contributed by atoms with Crippen molar-refractivity contribution in [2.24, 2.45) is 5.73 Å². The van der Waals surface area contributed by atoms with Crippen LogP contribution in [0.1, 0.15) is 27.4 Å². The summed E-state index contributed by atoms with van der Waals surface area (Å²) in [5.74, 6) is -0.489. The first-order valence-corrected chi connectivity index (χ1v) is 7.53. The normalized spacial score (nSPS) is 14.7. The highest BCUT2D eigenvalue weighted by Gasteiger charge is 2.20. The highest BCUT2D eigenvalue weighted by Crippen LogP contribution is 2.22. The second-order valence-corrected chi connectivity index (χ2v) is 5.94. The monoisotopic (exact) mass is 346 g/mol. The molecular formula is C15H15BrN4O. The molecule has 3 rings (SSSR count). The molecule has 0 spiro atoms. The fourth-order valence-electron chi connectivity index (χ4n) is 2.48. The van der Waals surface area contributed by atoms with E-state index in [1.54, 1.807) is 6.20 Å². The molecule has 1 aromatic heterocycles. The van der Waals surface area contributed by atoms with Crippen molar-refractivity contribution in [3.63, 3.8) is 0 Å². The predicted molar refractivity (Wildman–Crippen MR) is 82.5 cm³/mol. The first kappa shape index (κ1) is 14.2. The Hall–Kier alpha value is -1.79. The minimum atomic E-state index is -0.583. The Bertz CT molecular complexity index is 689. The molecule has 2 aromatic rings. The summed E-state index contributed by atoms with van der Waals surface area (Å²) >= 11 is 3.57. The molecule has 0 saturated carbocycles. The molecular weight excluding hydrogens is 332 g/mol. The van der Waals surface area contributed by atoms with Crippen molar-refractivity contribution in [3.8, 4) is 0 Å². The summed E-state index contributed by atoms with van der Waals surface area (Å²) in [7, 11) is 0. The number of aromatic nitrogens is 2. The Labute approximate surface area is 131 Å². The summed E-state index contributed by atoms with van der Waals surface area (Å²) in [6.45, 7) is 2.50. The van der Waals surface area contributed by atoms with Crippen LogP contribution in [0.3, 0.4) is 0 Å². The van der Waals surface area contributed by atoms with Gasteiger partial charge in [0.05, 0.1) is 5.69 Å². The molecule has 0 unspecified atom stereocenters. The summed E-state index contributed by atoms with van der Waals surface area (Å²) in [6, 6.07) is 8.19. The zero-order chi connectivity index (χ0) is 14.8. The molecule has 2 heterocycles. The summed E-state index contributed by atoms with van der Waals surface area (Å²) in [6.07, 6.45) is 2.61. The van der Waals surface area contributed by atoms with Crippen LogP contribution < -0.4 is 5.73 Å². The SMILES string of the molecule is NC(=O)c1ncc2c(n1)CN(Cc1ccccc1Br)CC2. The molecule has 6 heteroatoms. The van der Waals surface area contributed by atoms with Gasteiger partial charge < -0.3 is 5.73 Å². The van der Waals surface area contributed by atoms with Crippen molar-refractivity contribution >= 4 is 21.8 Å². The van der Waals surface area contributed by atoms with E-state index in [1.807, 2.05) is 18.2 Å². The molecule has 0 bridgehead atoms. The Morgan fingerprint density at radius 2 is 2.19 bits per heavy atom. The number of primary amides is 1. The number of benzene rings is 1. The van der Waals surface area contributed by atoms with Gasteiger partial charge in [0.2, 0.25) is 5.82 Å². The summed E-state index contributed by atoms with van der Waals surface area (Å²) in [5.41, 5.74) is 8.48. The van der Waals surface area contributed by atoms with Crippen molar-refractivity contribution in [2.45, 2.75) is 19.5 Å². The van der Waals surface area contributed by atoms with Gasteiger partial charge in [-0.05, 0) is 23.6 Å². The fourth-order valence-corrected chi connectivity index (χ4v) is 2.89. The average molecular weight is 347 g/mol. The van der Waals surface area contributed by atoms with Crippen LogP contribution in [0.5, 0.6) is 0 Å². The Morgan fingerprint density at radius 3 is 2.95 bits per heavy atom. The molecule has 1 aliphatic heterocycles. The second kappa shape index (κ2) is 5.91. The van der Waals surface area contributed by atoms with Crippen molar-refractivity contribution in [1.82, 2.24) is 14.9 Å². The molecule has 1 aromatic carbocycles. The van der Waals surface area contributed by atoms with E-state index in [0.29, 0.717) is 6.54 Å². The molecule has 2 N–H and O–H groups in total. The zero-order valence-electron chi connectivity index (χ0n) is 11.4. The number of hydrogen-bond acceptors (Lipinski definition) is 4. The lowest BCUT2D eigenvalue weighted by molar-refractivity contribution is 0.0989. The minimum absolute atomic E-state index is 0.0940. The van der Waals surface area contributed by atoms with E-state index in [4.69, 9.17) is 5.73 Å². The van der Waals surface area contributed by atoms with E-state index >= 15 is 0 Å². The van der Waals surface area contributed by atoms with Crippen molar-refractivity contribution in [1.29, 1.82) is 0 Å². The highest BCUT2D eigenvalue weighted by molar-refractivity contribution is 9.10. The standard InChI is InChI=1S/C15H15BrN4O/c16-12-4-2-1-3-11(12)8-20-6-5-10-7-18-15(14(17)21)19-13(10)9-20/h1-4,7H,5-6,8-9H2,(H2,17,21). The van der Waals surface area contributed by atoms with Crippen LogP contribution >= 0.6 is 15.9 Å². The van der Waals surface area contributed by atoms with E-state index in [9.17, 15) is 4.79 Å². The van der Waals surface area contributed by atoms with Crippen molar-refractivity contribution in [2.75, 3.05) is 6.54 Å². The molecule has 1 aliphatic rings. The molecule has 0 saturated heterocycles. The lowest BCUT2D eigenvalue weighted by Gasteiger charge is -2.28. The number of carbonyl (C=O) groups is 1. The number of nitrogens with two attached hydrogens (primary N) is 1. The predicted octanol–water partition coefficient (Wildman–Crippen LogP) is 1.90.